The Morgan fingerprint density at radius 3 is 3.00 bits per heavy atom. The highest BCUT2D eigenvalue weighted by Crippen LogP contribution is 1.95. The van der Waals surface area contributed by atoms with Gasteiger partial charge in [0, 0.05) is 4.11 Å². The highest BCUT2D eigenvalue weighted by Gasteiger charge is 1.96. The van der Waals surface area contributed by atoms with Gasteiger partial charge in [0.1, 0.15) is 0 Å². The molecule has 0 unspecified atom stereocenters. The van der Waals surface area contributed by atoms with E-state index in [9.17, 15) is 4.79 Å². The zero-order valence-electron chi connectivity index (χ0n) is 7.73. The van der Waals surface area contributed by atoms with E-state index in [1.165, 1.54) is 7.11 Å². The van der Waals surface area contributed by atoms with Gasteiger partial charge in [-0.2, -0.15) is 0 Å². The molecule has 0 spiro atoms. The van der Waals surface area contributed by atoms with E-state index < -0.39 is 12.8 Å². The van der Waals surface area contributed by atoms with Crippen molar-refractivity contribution in [3.63, 3.8) is 0 Å². The summed E-state index contributed by atoms with van der Waals surface area (Å²) in [7, 11) is 1.20. The van der Waals surface area contributed by atoms with E-state index in [0.29, 0.717) is 0 Å². The molecule has 0 aliphatic heterocycles. The summed E-state index contributed by atoms with van der Waals surface area (Å²) < 4.78 is 24.8. The Kier molecular flexibility index (Phi) is 1.33. The van der Waals surface area contributed by atoms with E-state index in [1.54, 1.807) is 0 Å². The fourth-order valence-corrected chi connectivity index (χ4v) is 0.246. The number of rotatable bonds is 2. The maximum atomic E-state index is 10.5. The molecule has 0 rings (SSSR count). The van der Waals surface area contributed by atoms with Crippen LogP contribution in [0.5, 0.6) is 0 Å². The molecule has 0 aliphatic carbocycles. The number of hydrogen-bond donors (Lipinski definition) is 0. The molecule has 0 amide bonds. The molecule has 0 aromatic heterocycles. The molecule has 2 heteroatoms. The third-order valence-corrected chi connectivity index (χ3v) is 0.585. The first kappa shape index (κ1) is 3.28. The van der Waals surface area contributed by atoms with Crippen molar-refractivity contribution in [2.24, 2.45) is 0 Å². The Labute approximate surface area is 53.4 Å². The largest absolute Gasteiger partial charge is 0.469 e. The average molecular weight is 117 g/mol. The quantitative estimate of drug-likeness (QED) is 0.400. The molecule has 0 fully saturated rings. The summed E-state index contributed by atoms with van der Waals surface area (Å²) >= 11 is 0. The first-order chi connectivity index (χ1) is 4.88. The molecule has 0 heterocycles. The van der Waals surface area contributed by atoms with Crippen molar-refractivity contribution in [1.82, 2.24) is 0 Å². The second-order valence-electron chi connectivity index (χ2n) is 1.36. The van der Waals surface area contributed by atoms with Crippen LogP contribution >= 0.6 is 0 Å². The fraction of sp³-hybridized carbons (Fsp3) is 0.500. The summed E-state index contributed by atoms with van der Waals surface area (Å²) in [4.78, 5) is 10.5. The molecule has 0 saturated heterocycles. The lowest BCUT2D eigenvalue weighted by molar-refractivity contribution is -0.139. The van der Waals surface area contributed by atoms with E-state index in [1.807, 2.05) is 0 Å². The van der Waals surface area contributed by atoms with Crippen LogP contribution in [0, 0.1) is 0 Å². The number of esters is 1. The molecule has 0 N–H and O–H groups in total. The Hall–Kier alpha value is -0.790. The van der Waals surface area contributed by atoms with Crippen LogP contribution in [-0.4, -0.2) is 13.1 Å². The minimum Gasteiger partial charge on any atom is -0.469 e. The molecular formula is C6H10O2. The SMILES string of the molecule is [2H]C([2H])([2H])C(=C)CC(=O)OC. The molecule has 2 nitrogen and oxygen atoms in total. The Balaban J connectivity index is 3.99. The van der Waals surface area contributed by atoms with Crippen molar-refractivity contribution in [2.45, 2.75) is 13.3 Å². The van der Waals surface area contributed by atoms with E-state index in [4.69, 9.17) is 4.11 Å². The van der Waals surface area contributed by atoms with Gasteiger partial charge in [0.05, 0.1) is 13.5 Å². The van der Waals surface area contributed by atoms with Crippen LogP contribution in [0.2, 0.25) is 0 Å². The number of ether oxygens (including phenoxy) is 1. The molecule has 0 aromatic carbocycles. The molecule has 0 aliphatic rings. The summed E-state index contributed by atoms with van der Waals surface area (Å²) in [5, 5.41) is 0. The van der Waals surface area contributed by atoms with Crippen molar-refractivity contribution >= 4 is 5.97 Å². The smallest absolute Gasteiger partial charge is 0.309 e. The second kappa shape index (κ2) is 3.24. The lowest BCUT2D eigenvalue weighted by Gasteiger charge is -1.94. The molecule has 0 radical (unpaired) electrons. The summed E-state index contributed by atoms with van der Waals surface area (Å²) in [5.41, 5.74) is -0.0932. The van der Waals surface area contributed by atoms with Crippen LogP contribution < -0.4 is 0 Å². The van der Waals surface area contributed by atoms with Crippen LogP contribution in [0.3, 0.4) is 0 Å². The third kappa shape index (κ3) is 3.40. The normalized spacial score (nSPS) is 15.4. The molecule has 46 valence electrons. The van der Waals surface area contributed by atoms with Crippen LogP contribution in [-0.2, 0) is 9.53 Å². The molecule has 0 saturated carbocycles. The Morgan fingerprint density at radius 2 is 2.62 bits per heavy atom. The van der Waals surface area contributed by atoms with E-state index in [2.05, 4.69) is 11.3 Å². The van der Waals surface area contributed by atoms with Crippen molar-refractivity contribution < 1.29 is 13.6 Å². The molecule has 0 bridgehead atoms. The minimum atomic E-state index is -2.26. The zero-order chi connectivity index (χ0) is 9.07. The minimum absolute atomic E-state index is 0.0932. The van der Waals surface area contributed by atoms with Gasteiger partial charge in [0.2, 0.25) is 0 Å². The standard InChI is InChI=1S/C6H10O2/c1-5(2)4-6(7)8-3/h1,4H2,2-3H3/i2D3. The number of carbonyl (C=O) groups excluding carboxylic acids is 1. The van der Waals surface area contributed by atoms with E-state index in [0.717, 1.165) is 0 Å². The van der Waals surface area contributed by atoms with Gasteiger partial charge in [-0.1, -0.05) is 12.2 Å². The van der Waals surface area contributed by atoms with Crippen LogP contribution in [0.15, 0.2) is 12.2 Å². The number of methoxy groups -OCH3 is 1. The summed E-state index contributed by atoms with van der Waals surface area (Å²) in [5.74, 6) is -0.578. The highest BCUT2D eigenvalue weighted by molar-refractivity contribution is 5.71. The summed E-state index contributed by atoms with van der Waals surface area (Å²) in [6.45, 7) is 0.995. The predicted molar refractivity (Wildman–Crippen MR) is 31.4 cm³/mol. The van der Waals surface area contributed by atoms with Gasteiger partial charge in [0.15, 0.2) is 0 Å². The van der Waals surface area contributed by atoms with Gasteiger partial charge in [-0.3, -0.25) is 4.79 Å². The van der Waals surface area contributed by atoms with Gasteiger partial charge in [0.25, 0.3) is 0 Å². The van der Waals surface area contributed by atoms with Gasteiger partial charge in [-0.15, -0.1) is 0 Å². The van der Waals surface area contributed by atoms with E-state index in [-0.39, 0.29) is 12.0 Å². The van der Waals surface area contributed by atoms with Crippen molar-refractivity contribution in [3.05, 3.63) is 12.2 Å². The van der Waals surface area contributed by atoms with Gasteiger partial charge in [-0.25, -0.2) is 0 Å². The van der Waals surface area contributed by atoms with Crippen molar-refractivity contribution in [1.29, 1.82) is 0 Å². The lowest BCUT2D eigenvalue weighted by Crippen LogP contribution is -1.98. The van der Waals surface area contributed by atoms with Crippen LogP contribution in [0.1, 0.15) is 17.4 Å². The lowest BCUT2D eigenvalue weighted by atomic mass is 10.2. The topological polar surface area (TPSA) is 26.3 Å². The maximum Gasteiger partial charge on any atom is 0.309 e. The maximum absolute atomic E-state index is 10.5. The first-order valence-corrected chi connectivity index (χ1v) is 2.13. The number of carbonyl (C=O) groups is 1. The Morgan fingerprint density at radius 1 is 2.00 bits per heavy atom. The first-order valence-electron chi connectivity index (χ1n) is 3.63. The van der Waals surface area contributed by atoms with Crippen LogP contribution in [0.4, 0.5) is 0 Å². The molecule has 0 aromatic rings. The average Bonchev–Trinajstić information content (AvgIpc) is 1.85. The molecular weight excluding hydrogens is 104 g/mol. The van der Waals surface area contributed by atoms with Crippen LogP contribution in [0.25, 0.3) is 0 Å². The number of hydrogen-bond acceptors (Lipinski definition) is 2. The molecule has 8 heavy (non-hydrogen) atoms. The van der Waals surface area contributed by atoms with Crippen molar-refractivity contribution in [2.75, 3.05) is 7.11 Å². The Bertz CT molecular complexity index is 171. The van der Waals surface area contributed by atoms with Crippen molar-refractivity contribution in [3.8, 4) is 0 Å². The predicted octanol–water partition coefficient (Wildman–Crippen LogP) is 1.13. The van der Waals surface area contributed by atoms with Gasteiger partial charge >= 0.3 is 5.97 Å². The van der Waals surface area contributed by atoms with E-state index >= 15 is 0 Å². The monoisotopic (exact) mass is 117 g/mol. The second-order valence-corrected chi connectivity index (χ2v) is 1.36. The highest BCUT2D eigenvalue weighted by atomic mass is 16.5. The third-order valence-electron chi connectivity index (χ3n) is 0.585. The summed E-state index contributed by atoms with van der Waals surface area (Å²) in [6, 6.07) is 0. The van der Waals surface area contributed by atoms with Gasteiger partial charge in [-0.05, 0) is 6.85 Å². The summed E-state index contributed by atoms with van der Waals surface area (Å²) in [6.07, 6.45) is -0.243. The fourth-order valence-electron chi connectivity index (χ4n) is 0.246. The van der Waals surface area contributed by atoms with Gasteiger partial charge < -0.3 is 4.74 Å². The zero-order valence-corrected chi connectivity index (χ0v) is 4.73. The molecule has 0 atom stereocenters.